The summed E-state index contributed by atoms with van der Waals surface area (Å²) < 4.78 is 29.3. The van der Waals surface area contributed by atoms with Crippen LogP contribution in [0, 0.1) is 6.92 Å². The molecule has 1 aromatic heterocycles. The molecule has 0 atom stereocenters. The van der Waals surface area contributed by atoms with Crippen LogP contribution in [0.5, 0.6) is 23.0 Å². The van der Waals surface area contributed by atoms with Crippen molar-refractivity contribution in [2.75, 3.05) is 20.3 Å². The molecule has 0 radical (unpaired) electrons. The first-order valence-corrected chi connectivity index (χ1v) is 12.3. The number of aryl methyl sites for hydroxylation is 2. The van der Waals surface area contributed by atoms with E-state index >= 15 is 0 Å². The summed E-state index contributed by atoms with van der Waals surface area (Å²) in [5.41, 5.74) is 3.71. The Kier molecular flexibility index (Phi) is 6.85. The molecule has 0 aliphatic carbocycles. The first-order chi connectivity index (χ1) is 17.6. The van der Waals surface area contributed by atoms with Gasteiger partial charge in [0.05, 0.1) is 31.3 Å². The largest absolute Gasteiger partial charge is 0.497 e. The van der Waals surface area contributed by atoms with Gasteiger partial charge in [0.2, 0.25) is 5.43 Å². The van der Waals surface area contributed by atoms with Crippen molar-refractivity contribution in [3.63, 3.8) is 0 Å². The van der Waals surface area contributed by atoms with Gasteiger partial charge in [-0.15, -0.1) is 0 Å². The van der Waals surface area contributed by atoms with Gasteiger partial charge in [-0.25, -0.2) is 0 Å². The Morgan fingerprint density at radius 3 is 2.61 bits per heavy atom. The van der Waals surface area contributed by atoms with E-state index in [4.69, 9.17) is 23.4 Å². The fourth-order valence-corrected chi connectivity index (χ4v) is 4.55. The molecule has 2 heterocycles. The number of benzene rings is 3. The molecule has 6 heteroatoms. The van der Waals surface area contributed by atoms with E-state index < -0.39 is 0 Å². The minimum atomic E-state index is -0.0695. The van der Waals surface area contributed by atoms with Crippen LogP contribution in [-0.2, 0) is 13.0 Å². The molecular formula is C30H30O6. The second-order valence-corrected chi connectivity index (χ2v) is 8.92. The summed E-state index contributed by atoms with van der Waals surface area (Å²) in [6.45, 7) is 5.51. The third kappa shape index (κ3) is 4.76. The van der Waals surface area contributed by atoms with Crippen LogP contribution in [0.2, 0.25) is 0 Å². The fraction of sp³-hybridized carbons (Fsp3) is 0.300. The van der Waals surface area contributed by atoms with E-state index in [-0.39, 0.29) is 5.43 Å². The van der Waals surface area contributed by atoms with E-state index in [2.05, 4.69) is 6.92 Å². The second-order valence-electron chi connectivity index (χ2n) is 8.92. The van der Waals surface area contributed by atoms with Gasteiger partial charge in [0, 0.05) is 12.5 Å². The van der Waals surface area contributed by atoms with Crippen LogP contribution in [0.25, 0.3) is 22.1 Å². The molecule has 0 spiro atoms. The third-order valence-electron chi connectivity index (χ3n) is 6.33. The Bertz CT molecular complexity index is 1450. The van der Waals surface area contributed by atoms with Crippen LogP contribution in [0.1, 0.15) is 36.7 Å². The molecule has 36 heavy (non-hydrogen) atoms. The van der Waals surface area contributed by atoms with Gasteiger partial charge in [-0.2, -0.15) is 0 Å². The lowest BCUT2D eigenvalue weighted by atomic mass is 10.00. The predicted octanol–water partition coefficient (Wildman–Crippen LogP) is 6.47. The van der Waals surface area contributed by atoms with E-state index in [1.165, 1.54) is 0 Å². The minimum absolute atomic E-state index is 0.0695. The lowest BCUT2D eigenvalue weighted by Gasteiger charge is -2.15. The number of hydrogen-bond donors (Lipinski definition) is 0. The zero-order valence-corrected chi connectivity index (χ0v) is 20.9. The van der Waals surface area contributed by atoms with Crippen LogP contribution in [0.3, 0.4) is 0 Å². The van der Waals surface area contributed by atoms with Crippen molar-refractivity contribution >= 4 is 11.0 Å². The average molecular weight is 487 g/mol. The normalized spacial score (nSPS) is 12.9. The second kappa shape index (κ2) is 10.4. The molecule has 0 bridgehead atoms. The van der Waals surface area contributed by atoms with Crippen molar-refractivity contribution in [2.24, 2.45) is 0 Å². The Morgan fingerprint density at radius 2 is 1.81 bits per heavy atom. The van der Waals surface area contributed by atoms with Crippen LogP contribution in [0.15, 0.2) is 63.8 Å². The van der Waals surface area contributed by atoms with Crippen LogP contribution < -0.4 is 24.4 Å². The SMILES string of the molecule is CCCc1cc2c(=O)c(-c3ccc4c(c3)OCCCO4)c(C)oc2cc1OCc1cccc(OC)c1. The topological polar surface area (TPSA) is 67.1 Å². The summed E-state index contributed by atoms with van der Waals surface area (Å²) in [4.78, 5) is 13.7. The predicted molar refractivity (Wildman–Crippen MR) is 140 cm³/mol. The standard InChI is InChI=1S/C30H30O6/c1-4-7-21-15-24-27(17-26(21)35-18-20-8-5-9-23(14-20)32-3)36-19(2)29(30(24)31)22-10-11-25-28(16-22)34-13-6-12-33-25/h5,8-11,14-17H,4,6-7,12-13,18H2,1-3H3. The van der Waals surface area contributed by atoms with E-state index in [1.54, 1.807) is 7.11 Å². The van der Waals surface area contributed by atoms with Crippen molar-refractivity contribution in [1.82, 2.24) is 0 Å². The van der Waals surface area contributed by atoms with E-state index in [1.807, 2.05) is 61.5 Å². The highest BCUT2D eigenvalue weighted by Crippen LogP contribution is 2.36. The lowest BCUT2D eigenvalue weighted by Crippen LogP contribution is -2.09. The van der Waals surface area contributed by atoms with Gasteiger partial charge in [-0.1, -0.05) is 31.5 Å². The Balaban J connectivity index is 1.54. The number of fused-ring (bicyclic) bond motifs is 2. The lowest BCUT2D eigenvalue weighted by molar-refractivity contribution is 0.297. The first kappa shape index (κ1) is 23.8. The fourth-order valence-electron chi connectivity index (χ4n) is 4.55. The molecular weight excluding hydrogens is 456 g/mol. The van der Waals surface area contributed by atoms with Gasteiger partial charge in [0.1, 0.15) is 29.4 Å². The molecule has 186 valence electrons. The molecule has 1 aliphatic heterocycles. The van der Waals surface area contributed by atoms with Gasteiger partial charge in [0.15, 0.2) is 11.5 Å². The van der Waals surface area contributed by atoms with Crippen LogP contribution >= 0.6 is 0 Å². The molecule has 0 fully saturated rings. The summed E-state index contributed by atoms with van der Waals surface area (Å²) >= 11 is 0. The molecule has 0 saturated carbocycles. The van der Waals surface area contributed by atoms with Crippen LogP contribution in [0.4, 0.5) is 0 Å². The maximum absolute atomic E-state index is 13.7. The number of rotatable bonds is 7. The highest BCUT2D eigenvalue weighted by Gasteiger charge is 2.19. The maximum atomic E-state index is 13.7. The molecule has 0 saturated heterocycles. The molecule has 6 nitrogen and oxygen atoms in total. The maximum Gasteiger partial charge on any atom is 0.200 e. The molecule has 0 unspecified atom stereocenters. The molecule has 5 rings (SSSR count). The monoisotopic (exact) mass is 486 g/mol. The average Bonchev–Trinajstić information content (AvgIpc) is 3.13. The Morgan fingerprint density at radius 1 is 0.972 bits per heavy atom. The van der Waals surface area contributed by atoms with Gasteiger partial charge in [-0.3, -0.25) is 4.79 Å². The van der Waals surface area contributed by atoms with Crippen molar-refractivity contribution in [3.8, 4) is 34.1 Å². The summed E-state index contributed by atoms with van der Waals surface area (Å²) in [7, 11) is 1.65. The molecule has 1 aliphatic rings. The third-order valence-corrected chi connectivity index (χ3v) is 6.33. The quantitative estimate of drug-likeness (QED) is 0.298. The highest BCUT2D eigenvalue weighted by atomic mass is 16.5. The number of hydrogen-bond acceptors (Lipinski definition) is 6. The van der Waals surface area contributed by atoms with Crippen molar-refractivity contribution in [3.05, 3.63) is 81.7 Å². The van der Waals surface area contributed by atoms with Gasteiger partial charge in [-0.05, 0) is 60.4 Å². The van der Waals surface area contributed by atoms with Crippen molar-refractivity contribution in [2.45, 2.75) is 39.7 Å². The van der Waals surface area contributed by atoms with Gasteiger partial charge in [0.25, 0.3) is 0 Å². The van der Waals surface area contributed by atoms with E-state index in [0.29, 0.717) is 53.6 Å². The summed E-state index contributed by atoms with van der Waals surface area (Å²) in [6.07, 6.45) is 2.53. The van der Waals surface area contributed by atoms with Crippen molar-refractivity contribution < 1.29 is 23.4 Å². The van der Waals surface area contributed by atoms with E-state index in [0.717, 1.165) is 47.5 Å². The first-order valence-electron chi connectivity index (χ1n) is 12.3. The van der Waals surface area contributed by atoms with Crippen molar-refractivity contribution in [1.29, 1.82) is 0 Å². The summed E-state index contributed by atoms with van der Waals surface area (Å²) in [5, 5.41) is 0.542. The number of methoxy groups -OCH3 is 1. The van der Waals surface area contributed by atoms with Gasteiger partial charge >= 0.3 is 0 Å². The smallest absolute Gasteiger partial charge is 0.200 e. The molecule has 0 N–H and O–H groups in total. The molecule has 0 amide bonds. The number of ether oxygens (including phenoxy) is 4. The molecule has 3 aromatic carbocycles. The molecule has 4 aromatic rings. The van der Waals surface area contributed by atoms with Crippen LogP contribution in [-0.4, -0.2) is 20.3 Å². The summed E-state index contributed by atoms with van der Waals surface area (Å²) in [6, 6.07) is 17.2. The highest BCUT2D eigenvalue weighted by molar-refractivity contribution is 5.85. The Hall–Kier alpha value is -3.93. The zero-order valence-electron chi connectivity index (χ0n) is 20.9. The van der Waals surface area contributed by atoms with Gasteiger partial charge < -0.3 is 23.4 Å². The minimum Gasteiger partial charge on any atom is -0.497 e. The Labute approximate surface area is 210 Å². The van der Waals surface area contributed by atoms with E-state index in [9.17, 15) is 4.79 Å². The zero-order chi connectivity index (χ0) is 25.1. The summed E-state index contributed by atoms with van der Waals surface area (Å²) in [5.74, 6) is 3.40.